The van der Waals surface area contributed by atoms with E-state index in [0.717, 1.165) is 40.2 Å². The van der Waals surface area contributed by atoms with Crippen molar-refractivity contribution in [2.75, 3.05) is 19.6 Å². The second-order valence-corrected chi connectivity index (χ2v) is 8.66. The molecule has 1 aliphatic heterocycles. The number of rotatable bonds is 6. The van der Waals surface area contributed by atoms with Gasteiger partial charge in [-0.3, -0.25) is 4.79 Å². The molecule has 2 aromatic heterocycles. The molecule has 2 aromatic rings. The lowest BCUT2D eigenvalue weighted by atomic mass is 10.0. The lowest BCUT2D eigenvalue weighted by molar-refractivity contribution is 0.0906. The van der Waals surface area contributed by atoms with E-state index in [1.165, 1.54) is 42.1 Å². The first-order valence-corrected chi connectivity index (χ1v) is 10.5. The molecule has 1 saturated heterocycles. The largest absolute Gasteiger partial charge is 0.348 e. The van der Waals surface area contributed by atoms with Crippen LogP contribution in [0.15, 0.2) is 17.5 Å². The molecule has 1 N–H and O–H groups in total. The topological polar surface area (TPSA) is 45.2 Å². The Morgan fingerprint density at radius 2 is 2.21 bits per heavy atom. The van der Waals surface area contributed by atoms with E-state index in [0.29, 0.717) is 5.69 Å². The van der Waals surface area contributed by atoms with Crippen molar-refractivity contribution in [2.24, 2.45) is 0 Å². The number of thiophene rings is 1. The zero-order valence-corrected chi connectivity index (χ0v) is 16.1. The molecule has 0 bridgehead atoms. The molecule has 3 rings (SSSR count). The SMILES string of the molecule is CCCCN1CCC(NC(=O)c2csc(-c3ccc(Cl)s3)n2)CC1. The molecule has 1 fully saturated rings. The van der Waals surface area contributed by atoms with E-state index in [1.807, 2.05) is 17.5 Å². The van der Waals surface area contributed by atoms with Crippen molar-refractivity contribution in [3.8, 4) is 9.88 Å². The minimum atomic E-state index is -0.0628. The molecule has 0 aliphatic carbocycles. The Kier molecular flexibility index (Phi) is 6.27. The Labute approximate surface area is 155 Å². The van der Waals surface area contributed by atoms with E-state index >= 15 is 0 Å². The monoisotopic (exact) mass is 383 g/mol. The van der Waals surface area contributed by atoms with Crippen molar-refractivity contribution in [1.29, 1.82) is 0 Å². The lowest BCUT2D eigenvalue weighted by Gasteiger charge is -2.32. The molecule has 1 aliphatic rings. The average molecular weight is 384 g/mol. The van der Waals surface area contributed by atoms with Gasteiger partial charge in [0.2, 0.25) is 0 Å². The second-order valence-electron chi connectivity index (χ2n) is 6.08. The van der Waals surface area contributed by atoms with Crippen LogP contribution in [0.25, 0.3) is 9.88 Å². The van der Waals surface area contributed by atoms with Crippen molar-refractivity contribution >= 4 is 40.2 Å². The maximum atomic E-state index is 12.4. The first kappa shape index (κ1) is 17.9. The van der Waals surface area contributed by atoms with E-state index in [-0.39, 0.29) is 11.9 Å². The van der Waals surface area contributed by atoms with Crippen LogP contribution in [0, 0.1) is 0 Å². The zero-order valence-electron chi connectivity index (χ0n) is 13.8. The van der Waals surface area contributed by atoms with Gasteiger partial charge in [0, 0.05) is 24.5 Å². The van der Waals surface area contributed by atoms with Crippen molar-refractivity contribution in [3.63, 3.8) is 0 Å². The van der Waals surface area contributed by atoms with Crippen LogP contribution >= 0.6 is 34.3 Å². The predicted molar refractivity (Wildman–Crippen MR) is 102 cm³/mol. The van der Waals surface area contributed by atoms with Crippen LogP contribution in [0.1, 0.15) is 43.1 Å². The standard InChI is InChI=1S/C17H22ClN3OS2/c1-2-3-8-21-9-6-12(7-10-21)19-16(22)13-11-23-17(20-13)14-4-5-15(18)24-14/h4-5,11-12H,2-3,6-10H2,1H3,(H,19,22). The highest BCUT2D eigenvalue weighted by Crippen LogP contribution is 2.32. The van der Waals surface area contributed by atoms with E-state index < -0.39 is 0 Å². The van der Waals surface area contributed by atoms with Crippen LogP contribution in [0.4, 0.5) is 0 Å². The van der Waals surface area contributed by atoms with Crippen LogP contribution in [0.2, 0.25) is 4.34 Å². The Hall–Kier alpha value is -0.950. The number of amides is 1. The van der Waals surface area contributed by atoms with Crippen molar-refractivity contribution in [2.45, 2.75) is 38.6 Å². The number of likely N-dealkylation sites (tertiary alicyclic amines) is 1. The number of nitrogens with zero attached hydrogens (tertiary/aromatic N) is 2. The Morgan fingerprint density at radius 3 is 2.88 bits per heavy atom. The Balaban J connectivity index is 1.52. The third-order valence-corrected chi connectivity index (χ3v) is 6.51. The van der Waals surface area contributed by atoms with Gasteiger partial charge in [-0.1, -0.05) is 24.9 Å². The number of aromatic nitrogens is 1. The average Bonchev–Trinajstić information content (AvgIpc) is 3.23. The van der Waals surface area contributed by atoms with Gasteiger partial charge in [0.25, 0.3) is 5.91 Å². The normalized spacial score (nSPS) is 16.4. The molecule has 0 radical (unpaired) electrons. The van der Waals surface area contributed by atoms with E-state index in [4.69, 9.17) is 11.6 Å². The summed E-state index contributed by atoms with van der Waals surface area (Å²) in [6, 6.07) is 4.06. The minimum absolute atomic E-state index is 0.0628. The number of hydrogen-bond donors (Lipinski definition) is 1. The van der Waals surface area contributed by atoms with Gasteiger partial charge in [0.05, 0.1) is 9.21 Å². The van der Waals surface area contributed by atoms with Crippen molar-refractivity contribution < 1.29 is 4.79 Å². The van der Waals surface area contributed by atoms with Crippen LogP contribution in [-0.2, 0) is 0 Å². The summed E-state index contributed by atoms with van der Waals surface area (Å²) in [7, 11) is 0. The smallest absolute Gasteiger partial charge is 0.270 e. The number of halogens is 1. The quantitative estimate of drug-likeness (QED) is 0.797. The van der Waals surface area contributed by atoms with Gasteiger partial charge in [-0.2, -0.15) is 0 Å². The van der Waals surface area contributed by atoms with Crippen LogP contribution in [0.3, 0.4) is 0 Å². The summed E-state index contributed by atoms with van der Waals surface area (Å²) < 4.78 is 0.737. The third kappa shape index (κ3) is 4.57. The molecule has 7 heteroatoms. The minimum Gasteiger partial charge on any atom is -0.348 e. The number of nitrogens with one attached hydrogen (secondary N) is 1. The second kappa shape index (κ2) is 8.43. The molecule has 0 atom stereocenters. The number of hydrogen-bond acceptors (Lipinski definition) is 5. The Bertz CT molecular complexity index is 677. The van der Waals surface area contributed by atoms with Gasteiger partial charge in [-0.15, -0.1) is 22.7 Å². The summed E-state index contributed by atoms with van der Waals surface area (Å²) in [4.78, 5) is 20.4. The lowest BCUT2D eigenvalue weighted by Crippen LogP contribution is -2.44. The summed E-state index contributed by atoms with van der Waals surface area (Å²) in [5, 5.41) is 5.82. The summed E-state index contributed by atoms with van der Waals surface area (Å²) in [5.74, 6) is -0.0628. The predicted octanol–water partition coefficient (Wildman–Crippen LogP) is 4.52. The van der Waals surface area contributed by atoms with Crippen LogP contribution in [-0.4, -0.2) is 41.5 Å². The first-order chi connectivity index (χ1) is 11.7. The number of piperidine rings is 1. The highest BCUT2D eigenvalue weighted by molar-refractivity contribution is 7.23. The number of carbonyl (C=O) groups excluding carboxylic acids is 1. The molecule has 130 valence electrons. The maximum absolute atomic E-state index is 12.4. The third-order valence-electron chi connectivity index (χ3n) is 4.27. The molecule has 0 spiro atoms. The van der Waals surface area contributed by atoms with Gasteiger partial charge in [-0.25, -0.2) is 4.98 Å². The summed E-state index contributed by atoms with van der Waals surface area (Å²) in [6.07, 6.45) is 4.53. The highest BCUT2D eigenvalue weighted by atomic mass is 35.5. The van der Waals surface area contributed by atoms with Gasteiger partial charge in [-0.05, 0) is 37.9 Å². The molecule has 0 saturated carbocycles. The molecule has 0 aromatic carbocycles. The fraction of sp³-hybridized carbons (Fsp3) is 0.529. The van der Waals surface area contributed by atoms with Gasteiger partial charge in [0.1, 0.15) is 10.7 Å². The molecule has 24 heavy (non-hydrogen) atoms. The van der Waals surface area contributed by atoms with Gasteiger partial charge >= 0.3 is 0 Å². The molecule has 4 nitrogen and oxygen atoms in total. The first-order valence-electron chi connectivity index (χ1n) is 8.40. The fourth-order valence-electron chi connectivity index (χ4n) is 2.86. The number of thiazole rings is 1. The number of unbranched alkanes of at least 4 members (excludes halogenated alkanes) is 1. The van der Waals surface area contributed by atoms with Crippen molar-refractivity contribution in [3.05, 3.63) is 27.5 Å². The molecule has 0 unspecified atom stereocenters. The molecular formula is C17H22ClN3OS2. The van der Waals surface area contributed by atoms with Crippen LogP contribution < -0.4 is 5.32 Å². The maximum Gasteiger partial charge on any atom is 0.270 e. The van der Waals surface area contributed by atoms with Crippen molar-refractivity contribution in [1.82, 2.24) is 15.2 Å². The summed E-state index contributed by atoms with van der Waals surface area (Å²) >= 11 is 8.94. The fourth-order valence-corrected chi connectivity index (χ4v) is 4.78. The van der Waals surface area contributed by atoms with E-state index in [2.05, 4.69) is 22.1 Å². The Morgan fingerprint density at radius 1 is 1.42 bits per heavy atom. The van der Waals surface area contributed by atoms with Gasteiger partial charge < -0.3 is 10.2 Å². The molecule has 1 amide bonds. The van der Waals surface area contributed by atoms with Gasteiger partial charge in [0.15, 0.2) is 0 Å². The molecular weight excluding hydrogens is 362 g/mol. The van der Waals surface area contributed by atoms with Crippen LogP contribution in [0.5, 0.6) is 0 Å². The number of carbonyl (C=O) groups is 1. The molecule has 3 heterocycles. The highest BCUT2D eigenvalue weighted by Gasteiger charge is 2.22. The van der Waals surface area contributed by atoms with E-state index in [1.54, 1.807) is 0 Å². The van der Waals surface area contributed by atoms with E-state index in [9.17, 15) is 4.79 Å². The summed E-state index contributed by atoms with van der Waals surface area (Å²) in [6.45, 7) is 5.54. The summed E-state index contributed by atoms with van der Waals surface area (Å²) in [5.41, 5.74) is 0.507. The zero-order chi connectivity index (χ0) is 16.9.